The summed E-state index contributed by atoms with van der Waals surface area (Å²) in [5.41, 5.74) is 1.55. The predicted molar refractivity (Wildman–Crippen MR) is 86.2 cm³/mol. The molecule has 0 bridgehead atoms. The van der Waals surface area contributed by atoms with E-state index in [2.05, 4.69) is 16.8 Å². The molecule has 2 heterocycles. The van der Waals surface area contributed by atoms with E-state index >= 15 is 0 Å². The fourth-order valence-corrected chi connectivity index (χ4v) is 4.29. The molecule has 1 aromatic carbocycles. The third-order valence-electron chi connectivity index (χ3n) is 5.76. The van der Waals surface area contributed by atoms with Crippen molar-refractivity contribution in [3.63, 3.8) is 0 Å². The fourth-order valence-electron chi connectivity index (χ4n) is 4.29. The minimum Gasteiger partial charge on any atom is -0.396 e. The normalized spacial score (nSPS) is 30.3. The highest BCUT2D eigenvalue weighted by atomic mass is 19.1. The van der Waals surface area contributed by atoms with Gasteiger partial charge in [0, 0.05) is 30.1 Å². The Kier molecular flexibility index (Phi) is 4.53. The largest absolute Gasteiger partial charge is 0.396 e. The fraction of sp³-hybridized carbons (Fsp3) is 0.667. The van der Waals surface area contributed by atoms with Crippen LogP contribution in [0.2, 0.25) is 0 Å². The Morgan fingerprint density at radius 2 is 2.14 bits per heavy atom. The summed E-state index contributed by atoms with van der Waals surface area (Å²) >= 11 is 0. The summed E-state index contributed by atoms with van der Waals surface area (Å²) in [7, 11) is 2.16. The van der Waals surface area contributed by atoms with E-state index in [0.717, 1.165) is 38.0 Å². The number of benzene rings is 1. The van der Waals surface area contributed by atoms with Crippen molar-refractivity contribution < 1.29 is 9.50 Å². The zero-order chi connectivity index (χ0) is 15.7. The topological polar surface area (TPSA) is 26.7 Å². The Hall–Kier alpha value is -0.970. The maximum atomic E-state index is 14.2. The summed E-state index contributed by atoms with van der Waals surface area (Å²) in [6, 6.07) is 6.03. The van der Waals surface area contributed by atoms with Crippen LogP contribution in [0, 0.1) is 18.2 Å². The number of halogens is 1. The van der Waals surface area contributed by atoms with E-state index in [9.17, 15) is 9.50 Å². The number of hydrogen-bond donors (Lipinski definition) is 1. The summed E-state index contributed by atoms with van der Waals surface area (Å²) < 4.78 is 14.2. The Balaban J connectivity index is 1.74. The van der Waals surface area contributed by atoms with Gasteiger partial charge in [0.25, 0.3) is 0 Å². The van der Waals surface area contributed by atoms with Crippen molar-refractivity contribution in [2.24, 2.45) is 5.41 Å². The molecule has 22 heavy (non-hydrogen) atoms. The second-order valence-corrected chi connectivity index (χ2v) is 7.15. The van der Waals surface area contributed by atoms with E-state index < -0.39 is 0 Å². The van der Waals surface area contributed by atoms with Crippen molar-refractivity contribution in [3.8, 4) is 0 Å². The zero-order valence-electron chi connectivity index (χ0n) is 13.7. The van der Waals surface area contributed by atoms with Gasteiger partial charge in [-0.1, -0.05) is 18.2 Å². The highest BCUT2D eigenvalue weighted by Crippen LogP contribution is 2.41. The SMILES string of the molecule is Cc1cccc(CN2CC[C@@]3(CO)CCCN(C)[C@@H]3C2)c1F. The molecule has 0 amide bonds. The molecule has 2 aliphatic heterocycles. The van der Waals surface area contributed by atoms with Gasteiger partial charge >= 0.3 is 0 Å². The summed E-state index contributed by atoms with van der Waals surface area (Å²) in [6.45, 7) is 5.72. The number of aliphatic hydroxyl groups is 1. The van der Waals surface area contributed by atoms with E-state index in [4.69, 9.17) is 0 Å². The molecule has 0 aliphatic carbocycles. The number of nitrogens with zero attached hydrogens (tertiary/aromatic N) is 2. The van der Waals surface area contributed by atoms with Gasteiger partial charge in [0.2, 0.25) is 0 Å². The first-order chi connectivity index (χ1) is 10.6. The maximum absolute atomic E-state index is 14.2. The lowest BCUT2D eigenvalue weighted by Gasteiger charge is -2.53. The lowest BCUT2D eigenvalue weighted by molar-refractivity contribution is -0.0686. The molecule has 2 saturated heterocycles. The number of rotatable bonds is 3. The molecule has 1 aromatic rings. The average Bonchev–Trinajstić information content (AvgIpc) is 2.53. The summed E-state index contributed by atoms with van der Waals surface area (Å²) in [4.78, 5) is 4.73. The third kappa shape index (κ3) is 2.80. The van der Waals surface area contributed by atoms with Crippen LogP contribution in [0.15, 0.2) is 18.2 Å². The molecule has 2 atom stereocenters. The van der Waals surface area contributed by atoms with E-state index in [1.165, 1.54) is 6.42 Å². The quantitative estimate of drug-likeness (QED) is 0.929. The van der Waals surface area contributed by atoms with Gasteiger partial charge in [0.15, 0.2) is 0 Å². The van der Waals surface area contributed by atoms with E-state index in [1.54, 1.807) is 0 Å². The molecule has 4 heteroatoms. The summed E-state index contributed by atoms with van der Waals surface area (Å²) in [5.74, 6) is -0.0708. The molecule has 122 valence electrons. The maximum Gasteiger partial charge on any atom is 0.130 e. The molecule has 2 fully saturated rings. The van der Waals surface area contributed by atoms with Crippen LogP contribution < -0.4 is 0 Å². The minimum absolute atomic E-state index is 0.0502. The first-order valence-electron chi connectivity index (χ1n) is 8.33. The van der Waals surface area contributed by atoms with Crippen molar-refractivity contribution in [1.82, 2.24) is 9.80 Å². The Morgan fingerprint density at radius 1 is 1.32 bits per heavy atom. The van der Waals surface area contributed by atoms with Crippen LogP contribution >= 0.6 is 0 Å². The zero-order valence-corrected chi connectivity index (χ0v) is 13.7. The molecule has 1 N–H and O–H groups in total. The Morgan fingerprint density at radius 3 is 2.91 bits per heavy atom. The smallest absolute Gasteiger partial charge is 0.130 e. The van der Waals surface area contributed by atoms with Crippen LogP contribution in [0.3, 0.4) is 0 Å². The van der Waals surface area contributed by atoms with Crippen LogP contribution in [-0.2, 0) is 6.54 Å². The minimum atomic E-state index is -0.0708. The highest BCUT2D eigenvalue weighted by molar-refractivity contribution is 5.25. The van der Waals surface area contributed by atoms with E-state index in [1.807, 2.05) is 25.1 Å². The number of piperidine rings is 2. The monoisotopic (exact) mass is 306 g/mol. The predicted octanol–water partition coefficient (Wildman–Crippen LogP) is 2.41. The Labute approximate surface area is 132 Å². The van der Waals surface area contributed by atoms with Gasteiger partial charge in [-0.15, -0.1) is 0 Å². The van der Waals surface area contributed by atoms with E-state index in [-0.39, 0.29) is 17.8 Å². The summed E-state index contributed by atoms with van der Waals surface area (Å²) in [5, 5.41) is 9.95. The van der Waals surface area contributed by atoms with Crippen LogP contribution in [0.4, 0.5) is 4.39 Å². The van der Waals surface area contributed by atoms with Crippen molar-refractivity contribution >= 4 is 0 Å². The second kappa shape index (κ2) is 6.26. The van der Waals surface area contributed by atoms with Crippen molar-refractivity contribution in [2.45, 2.75) is 38.8 Å². The molecule has 3 rings (SSSR count). The Bertz CT molecular complexity index is 536. The second-order valence-electron chi connectivity index (χ2n) is 7.15. The van der Waals surface area contributed by atoms with Gasteiger partial charge in [0.05, 0.1) is 6.61 Å². The molecule has 2 aliphatic rings. The van der Waals surface area contributed by atoms with Gasteiger partial charge < -0.3 is 10.0 Å². The number of aliphatic hydroxyl groups excluding tert-OH is 1. The molecule has 0 spiro atoms. The van der Waals surface area contributed by atoms with Gasteiger partial charge in [0.1, 0.15) is 5.82 Å². The van der Waals surface area contributed by atoms with Crippen LogP contribution in [0.25, 0.3) is 0 Å². The molecule has 0 aromatic heterocycles. The van der Waals surface area contributed by atoms with Gasteiger partial charge in [-0.25, -0.2) is 4.39 Å². The van der Waals surface area contributed by atoms with Crippen molar-refractivity contribution in [3.05, 3.63) is 35.1 Å². The number of fused-ring (bicyclic) bond motifs is 1. The highest BCUT2D eigenvalue weighted by Gasteiger charge is 2.46. The first-order valence-corrected chi connectivity index (χ1v) is 8.33. The van der Waals surface area contributed by atoms with Crippen LogP contribution in [-0.4, -0.2) is 54.2 Å². The molecule has 0 radical (unpaired) electrons. The number of hydrogen-bond acceptors (Lipinski definition) is 3. The molecule has 3 nitrogen and oxygen atoms in total. The van der Waals surface area contributed by atoms with Crippen molar-refractivity contribution in [1.29, 1.82) is 0 Å². The lowest BCUT2D eigenvalue weighted by Crippen LogP contribution is -2.61. The van der Waals surface area contributed by atoms with Gasteiger partial charge in [-0.3, -0.25) is 4.90 Å². The van der Waals surface area contributed by atoms with E-state index in [0.29, 0.717) is 18.2 Å². The van der Waals surface area contributed by atoms with Gasteiger partial charge in [-0.05, 0) is 51.9 Å². The van der Waals surface area contributed by atoms with Crippen LogP contribution in [0.5, 0.6) is 0 Å². The average molecular weight is 306 g/mol. The number of likely N-dealkylation sites (tertiary alicyclic amines) is 2. The van der Waals surface area contributed by atoms with Gasteiger partial charge in [-0.2, -0.15) is 0 Å². The molecule has 0 saturated carbocycles. The van der Waals surface area contributed by atoms with Crippen LogP contribution in [0.1, 0.15) is 30.4 Å². The molecular weight excluding hydrogens is 279 g/mol. The lowest BCUT2D eigenvalue weighted by atomic mass is 9.69. The number of aryl methyl sites for hydroxylation is 1. The third-order valence-corrected chi connectivity index (χ3v) is 5.76. The summed E-state index contributed by atoms with van der Waals surface area (Å²) in [6.07, 6.45) is 3.29. The standard InChI is InChI=1S/C18H27FN2O/c1-14-5-3-6-15(17(14)19)11-21-10-8-18(13-22)7-4-9-20(2)16(18)12-21/h3,5-6,16,22H,4,7-13H2,1-2H3/t16-,18-/m1/s1. The molecular formula is C18H27FN2O. The first kappa shape index (κ1) is 15.9. The molecule has 0 unspecified atom stereocenters. The number of likely N-dealkylation sites (N-methyl/N-ethyl adjacent to an activating group) is 1. The van der Waals surface area contributed by atoms with Crippen molar-refractivity contribution in [2.75, 3.05) is 33.3 Å².